The predicted molar refractivity (Wildman–Crippen MR) is 106 cm³/mol. The number of fused-ring (bicyclic) bond motifs is 1. The summed E-state index contributed by atoms with van der Waals surface area (Å²) in [5, 5.41) is 0. The Morgan fingerprint density at radius 1 is 0.857 bits per heavy atom. The van der Waals surface area contributed by atoms with Crippen LogP contribution in [-0.4, -0.2) is 47.2 Å². The zero-order chi connectivity index (χ0) is 19.5. The highest BCUT2D eigenvalue weighted by Gasteiger charge is 2.34. The number of imide groups is 1. The smallest absolute Gasteiger partial charge is 0.261 e. The number of amides is 3. The third-order valence-corrected chi connectivity index (χ3v) is 5.77. The molecule has 5 nitrogen and oxygen atoms in total. The molecule has 4 rings (SSSR count). The molecule has 28 heavy (non-hydrogen) atoms. The Hall–Kier alpha value is -2.95. The minimum absolute atomic E-state index is 0.114. The number of piperidine rings is 1. The molecule has 5 heteroatoms. The quantitative estimate of drug-likeness (QED) is 0.751. The van der Waals surface area contributed by atoms with Crippen LogP contribution >= 0.6 is 0 Å². The molecule has 2 aliphatic rings. The average Bonchev–Trinajstić information content (AvgIpc) is 2.99. The van der Waals surface area contributed by atoms with E-state index in [2.05, 4.69) is 24.3 Å². The number of carbonyl (C=O) groups is 3. The van der Waals surface area contributed by atoms with Crippen molar-refractivity contribution in [1.82, 2.24) is 9.80 Å². The second-order valence-corrected chi connectivity index (χ2v) is 7.48. The maximum absolute atomic E-state index is 12.5. The van der Waals surface area contributed by atoms with Gasteiger partial charge >= 0.3 is 0 Å². The van der Waals surface area contributed by atoms with Crippen molar-refractivity contribution < 1.29 is 14.4 Å². The van der Waals surface area contributed by atoms with Crippen LogP contribution in [0.5, 0.6) is 0 Å². The number of benzene rings is 2. The van der Waals surface area contributed by atoms with E-state index >= 15 is 0 Å². The first-order chi connectivity index (χ1) is 13.6. The molecule has 2 aromatic rings. The number of carbonyl (C=O) groups excluding carboxylic acids is 3. The third-order valence-electron chi connectivity index (χ3n) is 5.77. The van der Waals surface area contributed by atoms with Gasteiger partial charge in [-0.2, -0.15) is 0 Å². The number of rotatable bonds is 5. The van der Waals surface area contributed by atoms with Crippen molar-refractivity contribution in [2.75, 3.05) is 19.6 Å². The summed E-state index contributed by atoms with van der Waals surface area (Å²) in [5.41, 5.74) is 2.27. The van der Waals surface area contributed by atoms with Gasteiger partial charge in [0.25, 0.3) is 11.8 Å². The second-order valence-electron chi connectivity index (χ2n) is 7.48. The predicted octanol–water partition coefficient (Wildman–Crippen LogP) is 3.47. The molecule has 0 atom stereocenters. The fraction of sp³-hybridized carbons (Fsp3) is 0.348. The molecule has 0 spiro atoms. The van der Waals surface area contributed by atoms with E-state index in [4.69, 9.17) is 0 Å². The fourth-order valence-corrected chi connectivity index (χ4v) is 4.18. The second kappa shape index (κ2) is 7.97. The van der Waals surface area contributed by atoms with Crippen molar-refractivity contribution in [3.63, 3.8) is 0 Å². The van der Waals surface area contributed by atoms with E-state index in [1.165, 1.54) is 10.5 Å². The molecule has 1 saturated heterocycles. The summed E-state index contributed by atoms with van der Waals surface area (Å²) < 4.78 is 0. The van der Waals surface area contributed by atoms with E-state index in [-0.39, 0.29) is 17.7 Å². The molecule has 0 bridgehead atoms. The van der Waals surface area contributed by atoms with Crippen LogP contribution in [0.3, 0.4) is 0 Å². The van der Waals surface area contributed by atoms with Crippen LogP contribution in [0.1, 0.15) is 57.9 Å². The van der Waals surface area contributed by atoms with Gasteiger partial charge in [-0.05, 0) is 42.9 Å². The van der Waals surface area contributed by atoms with E-state index in [0.717, 1.165) is 25.9 Å². The van der Waals surface area contributed by atoms with Crippen molar-refractivity contribution in [3.05, 3.63) is 71.3 Å². The monoisotopic (exact) mass is 376 g/mol. The zero-order valence-electron chi connectivity index (χ0n) is 15.8. The van der Waals surface area contributed by atoms with E-state index in [9.17, 15) is 14.4 Å². The highest BCUT2D eigenvalue weighted by molar-refractivity contribution is 6.21. The van der Waals surface area contributed by atoms with Gasteiger partial charge in [0.2, 0.25) is 5.91 Å². The Balaban J connectivity index is 1.25. The molecule has 0 saturated carbocycles. The van der Waals surface area contributed by atoms with Gasteiger partial charge in [-0.1, -0.05) is 42.5 Å². The summed E-state index contributed by atoms with van der Waals surface area (Å²) in [6.07, 6.45) is 2.83. The average molecular weight is 376 g/mol. The molecule has 0 aromatic heterocycles. The Labute approximate surface area is 164 Å². The van der Waals surface area contributed by atoms with Crippen LogP contribution in [-0.2, 0) is 4.79 Å². The van der Waals surface area contributed by atoms with Crippen molar-refractivity contribution in [2.24, 2.45) is 0 Å². The lowest BCUT2D eigenvalue weighted by Crippen LogP contribution is -2.38. The van der Waals surface area contributed by atoms with Gasteiger partial charge in [0.15, 0.2) is 0 Å². The Kier molecular flexibility index (Phi) is 5.24. The summed E-state index contributed by atoms with van der Waals surface area (Å²) in [6, 6.07) is 17.3. The van der Waals surface area contributed by atoms with Crippen LogP contribution in [0.15, 0.2) is 54.6 Å². The molecule has 0 unspecified atom stereocenters. The minimum atomic E-state index is -0.253. The molecule has 2 aromatic carbocycles. The van der Waals surface area contributed by atoms with Crippen LogP contribution in [0.25, 0.3) is 0 Å². The largest absolute Gasteiger partial charge is 0.343 e. The number of likely N-dealkylation sites (tertiary alicyclic amines) is 1. The molecule has 3 amide bonds. The van der Waals surface area contributed by atoms with E-state index < -0.39 is 0 Å². The molecule has 0 radical (unpaired) electrons. The van der Waals surface area contributed by atoms with E-state index in [1.54, 1.807) is 24.3 Å². The molecular weight excluding hydrogens is 352 g/mol. The lowest BCUT2D eigenvalue weighted by Gasteiger charge is -2.32. The first kappa shape index (κ1) is 18.4. The summed E-state index contributed by atoms with van der Waals surface area (Å²) in [6.45, 7) is 1.83. The SMILES string of the molecule is O=C(CCCN1C(=O)c2ccccc2C1=O)N1CCC(c2ccccc2)CC1. The van der Waals surface area contributed by atoms with Crippen LogP contribution < -0.4 is 0 Å². The third kappa shape index (κ3) is 3.57. The lowest BCUT2D eigenvalue weighted by molar-refractivity contribution is -0.132. The molecule has 0 aliphatic carbocycles. The Morgan fingerprint density at radius 2 is 1.43 bits per heavy atom. The standard InChI is InChI=1S/C23H24N2O3/c26-21(24-15-12-18(13-16-24)17-7-2-1-3-8-17)11-6-14-25-22(27)19-9-4-5-10-20(19)23(25)28/h1-5,7-10,18H,6,11-16H2. The van der Waals surface area contributed by atoms with E-state index in [1.807, 2.05) is 11.0 Å². The number of hydrogen-bond donors (Lipinski definition) is 0. The fourth-order valence-electron chi connectivity index (χ4n) is 4.18. The van der Waals surface area contributed by atoms with Gasteiger partial charge < -0.3 is 4.90 Å². The number of nitrogens with zero attached hydrogens (tertiary/aromatic N) is 2. The summed E-state index contributed by atoms with van der Waals surface area (Å²) >= 11 is 0. The maximum Gasteiger partial charge on any atom is 0.261 e. The van der Waals surface area contributed by atoms with Crippen LogP contribution in [0.4, 0.5) is 0 Å². The van der Waals surface area contributed by atoms with Crippen molar-refractivity contribution >= 4 is 17.7 Å². The van der Waals surface area contributed by atoms with Crippen molar-refractivity contribution in [1.29, 1.82) is 0 Å². The highest BCUT2D eigenvalue weighted by Crippen LogP contribution is 2.28. The maximum atomic E-state index is 12.5. The van der Waals surface area contributed by atoms with Crippen LogP contribution in [0.2, 0.25) is 0 Å². The van der Waals surface area contributed by atoms with Gasteiger partial charge in [-0.15, -0.1) is 0 Å². The van der Waals surface area contributed by atoms with Gasteiger partial charge in [-0.3, -0.25) is 19.3 Å². The number of hydrogen-bond acceptors (Lipinski definition) is 3. The van der Waals surface area contributed by atoms with Gasteiger partial charge in [0.05, 0.1) is 11.1 Å². The minimum Gasteiger partial charge on any atom is -0.343 e. The molecule has 2 aliphatic heterocycles. The molecule has 1 fully saturated rings. The molecule has 2 heterocycles. The molecule has 0 N–H and O–H groups in total. The topological polar surface area (TPSA) is 57.7 Å². The van der Waals surface area contributed by atoms with Gasteiger partial charge in [-0.25, -0.2) is 0 Å². The highest BCUT2D eigenvalue weighted by atomic mass is 16.2. The summed E-state index contributed by atoms with van der Waals surface area (Å²) in [5.74, 6) is 0.125. The van der Waals surface area contributed by atoms with Crippen LogP contribution in [0, 0.1) is 0 Å². The first-order valence-electron chi connectivity index (χ1n) is 9.93. The van der Waals surface area contributed by atoms with Gasteiger partial charge in [0.1, 0.15) is 0 Å². The summed E-state index contributed by atoms with van der Waals surface area (Å²) in [4.78, 5) is 40.4. The first-order valence-corrected chi connectivity index (χ1v) is 9.93. The molecule has 144 valence electrons. The van der Waals surface area contributed by atoms with Crippen molar-refractivity contribution in [3.8, 4) is 0 Å². The van der Waals surface area contributed by atoms with E-state index in [0.29, 0.717) is 36.4 Å². The molecular formula is C23H24N2O3. The Morgan fingerprint density at radius 3 is 2.04 bits per heavy atom. The Bertz CT molecular complexity index is 851. The van der Waals surface area contributed by atoms with Gasteiger partial charge in [0, 0.05) is 26.1 Å². The lowest BCUT2D eigenvalue weighted by atomic mass is 9.89. The van der Waals surface area contributed by atoms with Crippen molar-refractivity contribution in [2.45, 2.75) is 31.6 Å². The normalized spacial score (nSPS) is 17.1. The zero-order valence-corrected chi connectivity index (χ0v) is 15.8. The summed E-state index contributed by atoms with van der Waals surface area (Å²) in [7, 11) is 0.